The molecule has 1 fully saturated rings. The molecule has 1 heterocycles. The summed E-state index contributed by atoms with van der Waals surface area (Å²) in [6.07, 6.45) is 13.1. The van der Waals surface area contributed by atoms with E-state index < -0.39 is 0 Å². The third kappa shape index (κ3) is 1.58. The highest BCUT2D eigenvalue weighted by Gasteiger charge is 2.19. The molecule has 0 aromatic rings. The normalized spacial score (nSPS) is 26.4. The Morgan fingerprint density at radius 1 is 1.09 bits per heavy atom. The van der Waals surface area contributed by atoms with Crippen LogP contribution in [0, 0.1) is 0 Å². The summed E-state index contributed by atoms with van der Waals surface area (Å²) < 4.78 is 0. The van der Waals surface area contributed by atoms with Crippen LogP contribution < -0.4 is 0 Å². The molecule has 2 rings (SSSR count). The van der Waals surface area contributed by atoms with Gasteiger partial charge < -0.3 is 4.90 Å². The fraction of sp³-hybridized carbons (Fsp3) is 0.800. The molecule has 2 aliphatic rings. The maximum Gasteiger partial charge on any atom is 0.0284 e. The maximum atomic E-state index is 2.54. The van der Waals surface area contributed by atoms with E-state index in [1.165, 1.54) is 45.1 Å². The van der Waals surface area contributed by atoms with Crippen molar-refractivity contribution in [2.24, 2.45) is 0 Å². The number of nitrogens with zero attached hydrogens (tertiary/aromatic N) is 1. The topological polar surface area (TPSA) is 3.24 Å². The summed E-state index contributed by atoms with van der Waals surface area (Å²) in [5.74, 6) is 0. The first-order valence-electron chi connectivity index (χ1n) is 4.89. The zero-order valence-electron chi connectivity index (χ0n) is 7.13. The summed E-state index contributed by atoms with van der Waals surface area (Å²) in [6, 6.07) is 0.891. The first-order chi connectivity index (χ1) is 5.47. The molecule has 0 amide bonds. The van der Waals surface area contributed by atoms with E-state index >= 15 is 0 Å². The molecule has 0 radical (unpaired) electrons. The monoisotopic (exact) mass is 151 g/mol. The summed E-state index contributed by atoms with van der Waals surface area (Å²) in [7, 11) is 0. The minimum absolute atomic E-state index is 0.891. The van der Waals surface area contributed by atoms with Crippen LogP contribution in [0.3, 0.4) is 0 Å². The van der Waals surface area contributed by atoms with Crippen molar-refractivity contribution in [2.45, 2.75) is 44.6 Å². The van der Waals surface area contributed by atoms with Crippen LogP contribution in [-0.4, -0.2) is 17.5 Å². The van der Waals surface area contributed by atoms with E-state index in [-0.39, 0.29) is 0 Å². The SMILES string of the molecule is C1=CN(C2CCCCC2)CC1. The Bertz CT molecular complexity index is 145. The third-order valence-corrected chi connectivity index (χ3v) is 2.89. The molecule has 1 heteroatoms. The Hall–Kier alpha value is -0.460. The molecule has 1 nitrogen and oxygen atoms in total. The van der Waals surface area contributed by atoms with Gasteiger partial charge in [-0.25, -0.2) is 0 Å². The smallest absolute Gasteiger partial charge is 0.0284 e. The first kappa shape index (κ1) is 7.20. The van der Waals surface area contributed by atoms with Crippen LogP contribution in [0.2, 0.25) is 0 Å². The number of rotatable bonds is 1. The minimum atomic E-state index is 0.891. The Morgan fingerprint density at radius 3 is 2.55 bits per heavy atom. The van der Waals surface area contributed by atoms with Gasteiger partial charge in [-0.15, -0.1) is 0 Å². The van der Waals surface area contributed by atoms with Gasteiger partial charge >= 0.3 is 0 Å². The van der Waals surface area contributed by atoms with Gasteiger partial charge in [0.25, 0.3) is 0 Å². The van der Waals surface area contributed by atoms with Gasteiger partial charge in [0.05, 0.1) is 0 Å². The molecule has 0 spiro atoms. The average Bonchev–Trinajstić information content (AvgIpc) is 2.58. The quantitative estimate of drug-likeness (QED) is 0.556. The predicted octanol–water partition coefficient (Wildman–Crippen LogP) is 2.54. The predicted molar refractivity (Wildman–Crippen MR) is 47.3 cm³/mol. The van der Waals surface area contributed by atoms with Crippen molar-refractivity contribution in [1.82, 2.24) is 4.90 Å². The zero-order valence-corrected chi connectivity index (χ0v) is 7.13. The minimum Gasteiger partial charge on any atom is -0.374 e. The van der Waals surface area contributed by atoms with Gasteiger partial charge in [0, 0.05) is 12.6 Å². The summed E-state index contributed by atoms with van der Waals surface area (Å²) >= 11 is 0. The second-order valence-corrected chi connectivity index (χ2v) is 3.70. The summed E-state index contributed by atoms with van der Waals surface area (Å²) in [6.45, 7) is 1.28. The lowest BCUT2D eigenvalue weighted by Gasteiger charge is -2.30. The fourth-order valence-corrected chi connectivity index (χ4v) is 2.23. The molecule has 62 valence electrons. The maximum absolute atomic E-state index is 2.54. The van der Waals surface area contributed by atoms with Crippen molar-refractivity contribution < 1.29 is 0 Å². The van der Waals surface area contributed by atoms with Crippen molar-refractivity contribution >= 4 is 0 Å². The van der Waals surface area contributed by atoms with Gasteiger partial charge in [-0.1, -0.05) is 25.3 Å². The van der Waals surface area contributed by atoms with Crippen molar-refractivity contribution in [3.05, 3.63) is 12.3 Å². The lowest BCUT2D eigenvalue weighted by Crippen LogP contribution is -2.30. The van der Waals surface area contributed by atoms with Gasteiger partial charge in [-0.05, 0) is 25.5 Å². The van der Waals surface area contributed by atoms with E-state index in [9.17, 15) is 0 Å². The van der Waals surface area contributed by atoms with Crippen LogP contribution in [0.4, 0.5) is 0 Å². The molecule has 11 heavy (non-hydrogen) atoms. The van der Waals surface area contributed by atoms with E-state index in [2.05, 4.69) is 17.2 Å². The zero-order chi connectivity index (χ0) is 7.52. The van der Waals surface area contributed by atoms with Crippen molar-refractivity contribution in [1.29, 1.82) is 0 Å². The van der Waals surface area contributed by atoms with Gasteiger partial charge in [0.15, 0.2) is 0 Å². The van der Waals surface area contributed by atoms with Crippen LogP contribution in [0.25, 0.3) is 0 Å². The molecule has 0 aromatic heterocycles. The molecule has 1 saturated carbocycles. The van der Waals surface area contributed by atoms with Gasteiger partial charge in [0.2, 0.25) is 0 Å². The van der Waals surface area contributed by atoms with E-state index in [0.29, 0.717) is 0 Å². The summed E-state index contributed by atoms with van der Waals surface area (Å²) in [5, 5.41) is 0. The second kappa shape index (κ2) is 3.29. The lowest BCUT2D eigenvalue weighted by atomic mass is 9.95. The standard InChI is InChI=1S/C10H17N/c1-2-6-10(7-3-1)11-8-4-5-9-11/h4,8,10H,1-3,5-7,9H2. The Balaban J connectivity index is 1.87. The van der Waals surface area contributed by atoms with E-state index in [1.807, 2.05) is 0 Å². The molecule has 1 aliphatic heterocycles. The van der Waals surface area contributed by atoms with E-state index in [0.717, 1.165) is 6.04 Å². The highest BCUT2D eigenvalue weighted by molar-refractivity contribution is 4.94. The molecule has 0 bridgehead atoms. The van der Waals surface area contributed by atoms with Crippen LogP contribution in [0.1, 0.15) is 38.5 Å². The Morgan fingerprint density at radius 2 is 1.91 bits per heavy atom. The molecule has 1 aliphatic carbocycles. The molecule has 0 atom stereocenters. The molecule has 0 N–H and O–H groups in total. The molecule has 0 saturated heterocycles. The summed E-state index contributed by atoms with van der Waals surface area (Å²) in [4.78, 5) is 2.54. The summed E-state index contributed by atoms with van der Waals surface area (Å²) in [5.41, 5.74) is 0. The van der Waals surface area contributed by atoms with Crippen LogP contribution in [0.5, 0.6) is 0 Å². The van der Waals surface area contributed by atoms with Crippen LogP contribution in [0.15, 0.2) is 12.3 Å². The molecular weight excluding hydrogens is 134 g/mol. The second-order valence-electron chi connectivity index (χ2n) is 3.70. The highest BCUT2D eigenvalue weighted by Crippen LogP contribution is 2.24. The van der Waals surface area contributed by atoms with Crippen LogP contribution in [-0.2, 0) is 0 Å². The Labute approximate surface area is 69.1 Å². The first-order valence-corrected chi connectivity index (χ1v) is 4.89. The van der Waals surface area contributed by atoms with Crippen molar-refractivity contribution in [3.63, 3.8) is 0 Å². The van der Waals surface area contributed by atoms with Gasteiger partial charge in [0.1, 0.15) is 0 Å². The fourth-order valence-electron chi connectivity index (χ4n) is 2.23. The van der Waals surface area contributed by atoms with Gasteiger partial charge in [-0.3, -0.25) is 0 Å². The lowest BCUT2D eigenvalue weighted by molar-refractivity contribution is 0.232. The van der Waals surface area contributed by atoms with E-state index in [4.69, 9.17) is 0 Å². The Kier molecular flexibility index (Phi) is 2.16. The van der Waals surface area contributed by atoms with Crippen molar-refractivity contribution in [2.75, 3.05) is 6.54 Å². The van der Waals surface area contributed by atoms with Gasteiger partial charge in [-0.2, -0.15) is 0 Å². The average molecular weight is 151 g/mol. The number of hydrogen-bond acceptors (Lipinski definition) is 1. The molecular formula is C10H17N. The van der Waals surface area contributed by atoms with Crippen LogP contribution >= 0.6 is 0 Å². The highest BCUT2D eigenvalue weighted by atomic mass is 15.1. The van der Waals surface area contributed by atoms with Crippen molar-refractivity contribution in [3.8, 4) is 0 Å². The number of hydrogen-bond donors (Lipinski definition) is 0. The largest absolute Gasteiger partial charge is 0.374 e. The third-order valence-electron chi connectivity index (χ3n) is 2.89. The van der Waals surface area contributed by atoms with E-state index in [1.54, 1.807) is 0 Å². The molecule has 0 aromatic carbocycles. The molecule has 0 unspecified atom stereocenters.